The number of rotatable bonds is 7. The molecular formula is C13H19ClN2OS. The van der Waals surface area contributed by atoms with E-state index in [4.69, 9.17) is 28.6 Å². The molecule has 0 saturated heterocycles. The second-order valence-corrected chi connectivity index (χ2v) is 4.63. The predicted octanol–water partition coefficient (Wildman–Crippen LogP) is 2.73. The summed E-state index contributed by atoms with van der Waals surface area (Å²) >= 11 is 11.1. The maximum atomic E-state index is 5.90. The Hall–Kier alpha value is -0.840. The summed E-state index contributed by atoms with van der Waals surface area (Å²) in [7, 11) is 0. The average Bonchev–Trinajstić information content (AvgIpc) is 2.36. The lowest BCUT2D eigenvalue weighted by molar-refractivity contribution is 0.145. The maximum Gasteiger partial charge on any atom is 0.166 e. The summed E-state index contributed by atoms with van der Waals surface area (Å²) in [6.45, 7) is 5.02. The van der Waals surface area contributed by atoms with E-state index in [-0.39, 0.29) is 0 Å². The molecule has 0 aromatic heterocycles. The topological polar surface area (TPSA) is 33.3 Å². The molecule has 1 rings (SSSR count). The monoisotopic (exact) mass is 286 g/mol. The van der Waals surface area contributed by atoms with Crippen molar-refractivity contribution in [3.63, 3.8) is 0 Å². The number of benzene rings is 1. The third-order valence-electron chi connectivity index (χ3n) is 2.30. The standard InChI is InChI=1S/C13H19ClN2OS/c1-2-17-8-4-7-15-13(18)16-10-11-5-3-6-12(14)9-11/h3,5-6,9H,2,4,7-8,10H2,1H3,(H2,15,16,18). The summed E-state index contributed by atoms with van der Waals surface area (Å²) in [4.78, 5) is 0. The summed E-state index contributed by atoms with van der Waals surface area (Å²) < 4.78 is 5.24. The van der Waals surface area contributed by atoms with Crippen LogP contribution in [0.1, 0.15) is 18.9 Å². The Balaban J connectivity index is 2.13. The molecule has 0 aliphatic heterocycles. The van der Waals surface area contributed by atoms with E-state index in [1.54, 1.807) is 0 Å². The Labute approximate surface area is 119 Å². The SMILES string of the molecule is CCOCCCNC(=S)NCc1cccc(Cl)c1. The van der Waals surface area contributed by atoms with E-state index in [2.05, 4.69) is 10.6 Å². The van der Waals surface area contributed by atoms with E-state index < -0.39 is 0 Å². The van der Waals surface area contributed by atoms with Crippen LogP contribution in [0.15, 0.2) is 24.3 Å². The molecule has 3 nitrogen and oxygen atoms in total. The molecule has 2 N–H and O–H groups in total. The molecule has 0 heterocycles. The first-order chi connectivity index (χ1) is 8.72. The van der Waals surface area contributed by atoms with Crippen LogP contribution in [0.3, 0.4) is 0 Å². The van der Waals surface area contributed by atoms with Gasteiger partial charge >= 0.3 is 0 Å². The molecule has 0 aliphatic carbocycles. The van der Waals surface area contributed by atoms with E-state index in [1.165, 1.54) is 0 Å². The zero-order valence-corrected chi connectivity index (χ0v) is 12.1. The average molecular weight is 287 g/mol. The van der Waals surface area contributed by atoms with Gasteiger partial charge in [-0.15, -0.1) is 0 Å². The van der Waals surface area contributed by atoms with Gasteiger partial charge in [-0.05, 0) is 43.3 Å². The Morgan fingerprint density at radius 1 is 1.39 bits per heavy atom. The fourth-order valence-electron chi connectivity index (χ4n) is 1.41. The Morgan fingerprint density at radius 3 is 2.94 bits per heavy atom. The number of halogens is 1. The Morgan fingerprint density at radius 2 is 2.22 bits per heavy atom. The Bertz CT molecular complexity index is 374. The molecule has 5 heteroatoms. The largest absolute Gasteiger partial charge is 0.382 e. The molecule has 18 heavy (non-hydrogen) atoms. The lowest BCUT2D eigenvalue weighted by Gasteiger charge is -2.10. The highest BCUT2D eigenvalue weighted by molar-refractivity contribution is 7.80. The molecule has 100 valence electrons. The van der Waals surface area contributed by atoms with Crippen LogP contribution in [-0.4, -0.2) is 24.9 Å². The fraction of sp³-hybridized carbons (Fsp3) is 0.462. The first kappa shape index (κ1) is 15.2. The molecule has 0 amide bonds. The van der Waals surface area contributed by atoms with Crippen LogP contribution in [0.25, 0.3) is 0 Å². The third-order valence-corrected chi connectivity index (χ3v) is 2.82. The lowest BCUT2D eigenvalue weighted by atomic mass is 10.2. The van der Waals surface area contributed by atoms with Gasteiger partial charge in [-0.3, -0.25) is 0 Å². The van der Waals surface area contributed by atoms with Crippen molar-refractivity contribution in [2.24, 2.45) is 0 Å². The molecule has 1 aromatic carbocycles. The minimum Gasteiger partial charge on any atom is -0.382 e. The smallest absolute Gasteiger partial charge is 0.166 e. The van der Waals surface area contributed by atoms with Gasteiger partial charge in [-0.1, -0.05) is 23.7 Å². The predicted molar refractivity (Wildman–Crippen MR) is 80.0 cm³/mol. The summed E-state index contributed by atoms with van der Waals surface area (Å²) in [5.41, 5.74) is 1.11. The van der Waals surface area contributed by atoms with Crippen molar-refractivity contribution in [2.45, 2.75) is 19.9 Å². The summed E-state index contributed by atoms with van der Waals surface area (Å²) in [5, 5.41) is 7.67. The molecular weight excluding hydrogens is 268 g/mol. The lowest BCUT2D eigenvalue weighted by Crippen LogP contribution is -2.35. The third kappa shape index (κ3) is 6.79. The highest BCUT2D eigenvalue weighted by Crippen LogP contribution is 2.09. The molecule has 0 bridgehead atoms. The normalized spacial score (nSPS) is 10.1. The van der Waals surface area contributed by atoms with Crippen LogP contribution in [0.4, 0.5) is 0 Å². The number of hydrogen-bond acceptors (Lipinski definition) is 2. The molecule has 0 spiro atoms. The van der Waals surface area contributed by atoms with Crippen LogP contribution in [0.5, 0.6) is 0 Å². The van der Waals surface area contributed by atoms with Gasteiger partial charge in [0.15, 0.2) is 5.11 Å². The molecule has 1 aromatic rings. The molecule has 0 saturated carbocycles. The quantitative estimate of drug-likeness (QED) is 0.596. The maximum absolute atomic E-state index is 5.90. The first-order valence-electron chi connectivity index (χ1n) is 6.06. The number of hydrogen-bond donors (Lipinski definition) is 2. The van der Waals surface area contributed by atoms with E-state index in [9.17, 15) is 0 Å². The van der Waals surface area contributed by atoms with Gasteiger partial charge in [0, 0.05) is 31.3 Å². The van der Waals surface area contributed by atoms with E-state index in [0.29, 0.717) is 11.7 Å². The zero-order valence-electron chi connectivity index (χ0n) is 10.5. The highest BCUT2D eigenvalue weighted by Gasteiger charge is 1.97. The number of nitrogens with one attached hydrogen (secondary N) is 2. The van der Waals surface area contributed by atoms with Crippen molar-refractivity contribution < 1.29 is 4.74 Å². The van der Waals surface area contributed by atoms with E-state index in [1.807, 2.05) is 31.2 Å². The van der Waals surface area contributed by atoms with Crippen molar-refractivity contribution in [3.8, 4) is 0 Å². The van der Waals surface area contributed by atoms with Gasteiger partial charge in [0.25, 0.3) is 0 Å². The van der Waals surface area contributed by atoms with Crippen LogP contribution in [0.2, 0.25) is 5.02 Å². The summed E-state index contributed by atoms with van der Waals surface area (Å²) in [6.07, 6.45) is 0.951. The molecule has 0 unspecified atom stereocenters. The van der Waals surface area contributed by atoms with Gasteiger partial charge in [-0.2, -0.15) is 0 Å². The minimum absolute atomic E-state index is 0.659. The van der Waals surface area contributed by atoms with Gasteiger partial charge in [0.2, 0.25) is 0 Å². The summed E-state index contributed by atoms with van der Waals surface area (Å²) in [5.74, 6) is 0. The van der Waals surface area contributed by atoms with Crippen molar-refractivity contribution in [2.75, 3.05) is 19.8 Å². The van der Waals surface area contributed by atoms with Crippen LogP contribution in [0, 0.1) is 0 Å². The number of thiocarbonyl (C=S) groups is 1. The van der Waals surface area contributed by atoms with Crippen molar-refractivity contribution in [3.05, 3.63) is 34.9 Å². The van der Waals surface area contributed by atoms with Crippen molar-refractivity contribution in [1.29, 1.82) is 0 Å². The van der Waals surface area contributed by atoms with Gasteiger partial charge in [0.05, 0.1) is 0 Å². The fourth-order valence-corrected chi connectivity index (χ4v) is 1.80. The minimum atomic E-state index is 0.659. The molecule has 0 aliphatic rings. The molecule has 0 fully saturated rings. The zero-order chi connectivity index (χ0) is 13.2. The highest BCUT2D eigenvalue weighted by atomic mass is 35.5. The van der Waals surface area contributed by atoms with Crippen molar-refractivity contribution >= 4 is 28.9 Å². The molecule has 0 radical (unpaired) electrons. The van der Waals surface area contributed by atoms with Crippen molar-refractivity contribution in [1.82, 2.24) is 10.6 Å². The van der Waals surface area contributed by atoms with Gasteiger partial charge in [-0.25, -0.2) is 0 Å². The van der Waals surface area contributed by atoms with Crippen LogP contribution in [-0.2, 0) is 11.3 Å². The van der Waals surface area contributed by atoms with E-state index >= 15 is 0 Å². The van der Waals surface area contributed by atoms with Gasteiger partial charge < -0.3 is 15.4 Å². The second kappa shape index (κ2) is 9.14. The number of ether oxygens (including phenoxy) is 1. The molecule has 0 atom stereocenters. The van der Waals surface area contributed by atoms with Crippen LogP contribution < -0.4 is 10.6 Å². The Kier molecular flexibility index (Phi) is 7.73. The van der Waals surface area contributed by atoms with E-state index in [0.717, 1.165) is 36.8 Å². The summed E-state index contributed by atoms with van der Waals surface area (Å²) in [6, 6.07) is 7.72. The van der Waals surface area contributed by atoms with Gasteiger partial charge in [0.1, 0.15) is 0 Å². The van der Waals surface area contributed by atoms with Crippen LogP contribution >= 0.6 is 23.8 Å². The second-order valence-electron chi connectivity index (χ2n) is 3.79. The first-order valence-corrected chi connectivity index (χ1v) is 6.85.